The van der Waals surface area contributed by atoms with E-state index in [1.54, 1.807) is 7.05 Å². The first-order valence-electron chi connectivity index (χ1n) is 5.73. The maximum absolute atomic E-state index is 11.6. The summed E-state index contributed by atoms with van der Waals surface area (Å²) in [4.78, 5) is 23.5. The molecule has 0 fully saturated rings. The highest BCUT2D eigenvalue weighted by molar-refractivity contribution is 5.73. The zero-order valence-corrected chi connectivity index (χ0v) is 10.6. The number of hydrogen-bond acceptors (Lipinski definition) is 5. The molecule has 9 heteroatoms. The summed E-state index contributed by atoms with van der Waals surface area (Å²) in [5, 5.41) is 27.2. The van der Waals surface area contributed by atoms with Gasteiger partial charge in [0, 0.05) is 20.2 Å². The number of nitrogens with one attached hydrogen (secondary N) is 1. The fourth-order valence-electron chi connectivity index (χ4n) is 1.35. The van der Waals surface area contributed by atoms with Gasteiger partial charge >= 0.3 is 12.0 Å². The Morgan fingerprint density at radius 2 is 2.26 bits per heavy atom. The fraction of sp³-hybridized carbons (Fsp3) is 0.600. The van der Waals surface area contributed by atoms with Gasteiger partial charge in [0.2, 0.25) is 0 Å². The monoisotopic (exact) mass is 271 g/mol. The Labute approximate surface area is 109 Å². The zero-order valence-electron chi connectivity index (χ0n) is 10.6. The van der Waals surface area contributed by atoms with E-state index >= 15 is 0 Å². The van der Waals surface area contributed by atoms with Crippen LogP contribution in [0, 0.1) is 0 Å². The van der Waals surface area contributed by atoms with E-state index in [-0.39, 0.29) is 25.7 Å². The molecule has 0 saturated heterocycles. The van der Waals surface area contributed by atoms with Crippen molar-refractivity contribution in [1.29, 1.82) is 0 Å². The Bertz CT molecular complexity index is 433. The summed E-state index contributed by atoms with van der Waals surface area (Å²) in [6.45, 7) is 0.383. The molecule has 0 atom stereocenters. The van der Waals surface area contributed by atoms with Gasteiger partial charge in [-0.15, -0.1) is 5.10 Å². The Kier molecular flexibility index (Phi) is 5.73. The lowest BCUT2D eigenvalue weighted by molar-refractivity contribution is -0.137. The van der Waals surface area contributed by atoms with Crippen molar-refractivity contribution < 1.29 is 19.8 Å². The predicted octanol–water partition coefficient (Wildman–Crippen LogP) is -1.11. The molecule has 0 unspecified atom stereocenters. The summed E-state index contributed by atoms with van der Waals surface area (Å²) < 4.78 is 1.18. The minimum absolute atomic E-state index is 0.0289. The Hall–Kier alpha value is -2.16. The van der Waals surface area contributed by atoms with E-state index in [4.69, 9.17) is 10.2 Å². The number of carbonyl (C=O) groups is 2. The smallest absolute Gasteiger partial charge is 0.325 e. The molecule has 0 spiro atoms. The number of aliphatic hydroxyl groups is 1. The number of carbonyl (C=O) groups excluding carboxylic acids is 1. The van der Waals surface area contributed by atoms with Gasteiger partial charge in [-0.25, -0.2) is 9.48 Å². The summed E-state index contributed by atoms with van der Waals surface area (Å²) in [7, 11) is 1.62. The van der Waals surface area contributed by atoms with Crippen LogP contribution < -0.4 is 5.32 Å². The quantitative estimate of drug-likeness (QED) is 0.578. The lowest BCUT2D eigenvalue weighted by Crippen LogP contribution is -2.37. The van der Waals surface area contributed by atoms with Crippen molar-refractivity contribution in [2.45, 2.75) is 19.5 Å². The number of aliphatic carboxylic acids is 1. The number of carboxylic acid groups (broad SMARTS) is 1. The highest BCUT2D eigenvalue weighted by atomic mass is 16.4. The molecule has 0 bridgehead atoms. The van der Waals surface area contributed by atoms with Crippen LogP contribution in [0.2, 0.25) is 0 Å². The molecular formula is C10H17N5O4. The van der Waals surface area contributed by atoms with Crippen LogP contribution in [0.25, 0.3) is 0 Å². The molecular weight excluding hydrogens is 254 g/mol. The first-order valence-corrected chi connectivity index (χ1v) is 5.73. The lowest BCUT2D eigenvalue weighted by Gasteiger charge is -2.16. The molecule has 2 amide bonds. The molecule has 3 N–H and O–H groups in total. The minimum atomic E-state index is -1.01. The molecule has 0 aliphatic carbocycles. The van der Waals surface area contributed by atoms with Gasteiger partial charge in [-0.2, -0.15) is 0 Å². The number of aromatic nitrogens is 3. The fourth-order valence-corrected chi connectivity index (χ4v) is 1.35. The SMILES string of the molecule is CN(CCCO)C(=O)NCc1cn(CC(=O)O)nn1. The van der Waals surface area contributed by atoms with Crippen LogP contribution in [0.4, 0.5) is 4.79 Å². The predicted molar refractivity (Wildman–Crippen MR) is 64.2 cm³/mol. The van der Waals surface area contributed by atoms with Crippen molar-refractivity contribution in [3.8, 4) is 0 Å². The van der Waals surface area contributed by atoms with Gasteiger partial charge in [0.25, 0.3) is 0 Å². The summed E-state index contributed by atoms with van der Waals surface area (Å²) in [6, 6.07) is -0.291. The number of aliphatic hydroxyl groups excluding tert-OH is 1. The van der Waals surface area contributed by atoms with Crippen LogP contribution >= 0.6 is 0 Å². The average Bonchev–Trinajstić information content (AvgIpc) is 2.79. The van der Waals surface area contributed by atoms with Crippen molar-refractivity contribution in [3.05, 3.63) is 11.9 Å². The normalized spacial score (nSPS) is 10.2. The van der Waals surface area contributed by atoms with Gasteiger partial charge in [0.15, 0.2) is 0 Å². The number of hydrogen-bond donors (Lipinski definition) is 3. The van der Waals surface area contributed by atoms with E-state index < -0.39 is 5.97 Å². The van der Waals surface area contributed by atoms with Gasteiger partial charge in [0.05, 0.1) is 12.7 Å². The maximum atomic E-state index is 11.6. The number of rotatable bonds is 7. The Morgan fingerprint density at radius 3 is 2.89 bits per heavy atom. The molecule has 0 aliphatic heterocycles. The van der Waals surface area contributed by atoms with Crippen LogP contribution in [0.15, 0.2) is 6.20 Å². The van der Waals surface area contributed by atoms with Gasteiger partial charge in [0.1, 0.15) is 12.2 Å². The third kappa shape index (κ3) is 5.34. The topological polar surface area (TPSA) is 121 Å². The second-order valence-corrected chi connectivity index (χ2v) is 3.96. The number of carboxylic acids is 1. The molecule has 0 aliphatic rings. The van der Waals surface area contributed by atoms with Crippen molar-refractivity contribution in [1.82, 2.24) is 25.2 Å². The summed E-state index contributed by atoms with van der Waals surface area (Å²) in [6.07, 6.45) is 1.97. The highest BCUT2D eigenvalue weighted by Gasteiger charge is 2.09. The van der Waals surface area contributed by atoms with Crippen molar-refractivity contribution in [2.75, 3.05) is 20.2 Å². The summed E-state index contributed by atoms with van der Waals surface area (Å²) >= 11 is 0. The Balaban J connectivity index is 2.37. The molecule has 0 saturated carbocycles. The van der Waals surface area contributed by atoms with Crippen LogP contribution in [-0.4, -0.2) is 62.3 Å². The molecule has 1 heterocycles. The largest absolute Gasteiger partial charge is 0.480 e. The molecule has 1 rings (SSSR count). The third-order valence-electron chi connectivity index (χ3n) is 2.30. The number of nitrogens with zero attached hydrogens (tertiary/aromatic N) is 4. The van der Waals surface area contributed by atoms with Crippen LogP contribution in [0.1, 0.15) is 12.1 Å². The summed E-state index contributed by atoms with van der Waals surface area (Å²) in [5.74, 6) is -1.01. The first kappa shape index (κ1) is 14.9. The second-order valence-electron chi connectivity index (χ2n) is 3.96. The van der Waals surface area contributed by atoms with Crippen molar-refractivity contribution in [2.24, 2.45) is 0 Å². The van der Waals surface area contributed by atoms with Crippen LogP contribution in [0.3, 0.4) is 0 Å². The molecule has 106 valence electrons. The lowest BCUT2D eigenvalue weighted by atomic mass is 10.4. The van der Waals surface area contributed by atoms with Gasteiger partial charge in [-0.3, -0.25) is 4.79 Å². The van der Waals surface area contributed by atoms with E-state index in [9.17, 15) is 9.59 Å². The van der Waals surface area contributed by atoms with Crippen LogP contribution in [-0.2, 0) is 17.9 Å². The molecule has 0 aromatic carbocycles. The van der Waals surface area contributed by atoms with Gasteiger partial charge in [-0.05, 0) is 6.42 Å². The third-order valence-corrected chi connectivity index (χ3v) is 2.30. The Morgan fingerprint density at radius 1 is 1.53 bits per heavy atom. The molecule has 1 aromatic rings. The molecule has 0 radical (unpaired) electrons. The molecule has 19 heavy (non-hydrogen) atoms. The number of amides is 2. The average molecular weight is 271 g/mol. The van der Waals surface area contributed by atoms with Crippen molar-refractivity contribution >= 4 is 12.0 Å². The maximum Gasteiger partial charge on any atom is 0.325 e. The summed E-state index contributed by atoms with van der Waals surface area (Å²) in [5.41, 5.74) is 0.477. The van der Waals surface area contributed by atoms with Gasteiger partial charge in [-0.1, -0.05) is 5.21 Å². The van der Waals surface area contributed by atoms with E-state index in [1.165, 1.54) is 15.8 Å². The second kappa shape index (κ2) is 7.31. The van der Waals surface area contributed by atoms with Crippen molar-refractivity contribution in [3.63, 3.8) is 0 Å². The molecule has 1 aromatic heterocycles. The van der Waals surface area contributed by atoms with Gasteiger partial charge < -0.3 is 20.4 Å². The molecule has 9 nitrogen and oxygen atoms in total. The zero-order chi connectivity index (χ0) is 14.3. The van der Waals surface area contributed by atoms with E-state index in [1.807, 2.05) is 0 Å². The van der Waals surface area contributed by atoms with E-state index in [0.29, 0.717) is 18.7 Å². The highest BCUT2D eigenvalue weighted by Crippen LogP contribution is 1.94. The number of urea groups is 1. The first-order chi connectivity index (χ1) is 9.02. The van der Waals surface area contributed by atoms with E-state index in [2.05, 4.69) is 15.6 Å². The van der Waals surface area contributed by atoms with E-state index in [0.717, 1.165) is 0 Å². The minimum Gasteiger partial charge on any atom is -0.480 e. The van der Waals surface area contributed by atoms with Crippen LogP contribution in [0.5, 0.6) is 0 Å². The standard InChI is InChI=1S/C10H17N5O4/c1-14(3-2-4-16)10(19)11-5-8-6-15(13-12-8)7-9(17)18/h6,16H,2-5,7H2,1H3,(H,11,19)(H,17,18).